The van der Waals surface area contributed by atoms with E-state index in [9.17, 15) is 5.11 Å². The van der Waals surface area contributed by atoms with E-state index in [1.165, 1.54) is 23.4 Å². The molecular weight excluding hydrogens is 164 g/mol. The molecule has 70 valence electrons. The molecule has 0 aliphatic heterocycles. The van der Waals surface area contributed by atoms with Crippen molar-refractivity contribution >= 4 is 0 Å². The van der Waals surface area contributed by atoms with Crippen LogP contribution in [0.5, 0.6) is 0 Å². The summed E-state index contributed by atoms with van der Waals surface area (Å²) < 4.78 is 0. The summed E-state index contributed by atoms with van der Waals surface area (Å²) in [5.74, 6) is 0. The lowest BCUT2D eigenvalue weighted by Gasteiger charge is -2.09. The molecule has 3 heteroatoms. The first-order valence-electron chi connectivity index (χ1n) is 5.03. The Balaban J connectivity index is 2.05. The zero-order valence-electron chi connectivity index (χ0n) is 7.64. The smallest absolute Gasteiger partial charge is 0.0741 e. The number of aliphatic hydroxyl groups is 1. The number of aromatic nitrogens is 2. The first-order chi connectivity index (χ1) is 6.36. The maximum absolute atomic E-state index is 9.31. The minimum Gasteiger partial charge on any atom is -0.395 e. The minimum atomic E-state index is 0.0500. The number of aromatic amines is 1. The van der Waals surface area contributed by atoms with Gasteiger partial charge in [0.1, 0.15) is 0 Å². The maximum Gasteiger partial charge on any atom is 0.0741 e. The van der Waals surface area contributed by atoms with Crippen molar-refractivity contribution in [3.63, 3.8) is 0 Å². The van der Waals surface area contributed by atoms with Crippen molar-refractivity contribution in [1.82, 2.24) is 10.2 Å². The number of H-pyrrole nitrogens is 1. The monoisotopic (exact) mass is 178 g/mol. The van der Waals surface area contributed by atoms with Crippen LogP contribution in [0.2, 0.25) is 0 Å². The summed E-state index contributed by atoms with van der Waals surface area (Å²) in [4.78, 5) is 0. The van der Waals surface area contributed by atoms with Crippen LogP contribution in [-0.4, -0.2) is 21.9 Å². The Hall–Kier alpha value is -0.830. The summed E-state index contributed by atoms with van der Waals surface area (Å²) in [6.45, 7) is 0.268. The Kier molecular flexibility index (Phi) is 1.37. The molecular formula is C10H14N2O. The third-order valence-electron chi connectivity index (χ3n) is 3.46. The highest BCUT2D eigenvalue weighted by atomic mass is 16.3. The zero-order valence-corrected chi connectivity index (χ0v) is 7.64. The topological polar surface area (TPSA) is 48.9 Å². The summed E-state index contributed by atoms with van der Waals surface area (Å²) in [5.41, 5.74) is 3.94. The van der Waals surface area contributed by atoms with Crippen molar-refractivity contribution in [1.29, 1.82) is 0 Å². The van der Waals surface area contributed by atoms with Gasteiger partial charge in [0, 0.05) is 11.1 Å². The van der Waals surface area contributed by atoms with Gasteiger partial charge in [-0.2, -0.15) is 5.10 Å². The highest BCUT2D eigenvalue weighted by Gasteiger charge is 2.47. The average molecular weight is 178 g/mol. The molecule has 3 rings (SSSR count). The van der Waals surface area contributed by atoms with Gasteiger partial charge in [-0.15, -0.1) is 0 Å². The molecule has 2 N–H and O–H groups in total. The lowest BCUT2D eigenvalue weighted by atomic mass is 9.99. The summed E-state index contributed by atoms with van der Waals surface area (Å²) in [7, 11) is 0. The van der Waals surface area contributed by atoms with Crippen LogP contribution in [-0.2, 0) is 18.3 Å². The van der Waals surface area contributed by atoms with E-state index >= 15 is 0 Å². The van der Waals surface area contributed by atoms with E-state index in [0.717, 1.165) is 25.7 Å². The Morgan fingerprint density at radius 1 is 1.38 bits per heavy atom. The van der Waals surface area contributed by atoms with Crippen LogP contribution in [0.3, 0.4) is 0 Å². The van der Waals surface area contributed by atoms with Gasteiger partial charge in [-0.25, -0.2) is 0 Å². The third kappa shape index (κ3) is 0.908. The fraction of sp³-hybridized carbons (Fsp3) is 0.700. The van der Waals surface area contributed by atoms with E-state index in [1.807, 2.05) is 0 Å². The second-order valence-electron chi connectivity index (χ2n) is 4.32. The van der Waals surface area contributed by atoms with Crippen LogP contribution in [0, 0.1) is 0 Å². The van der Waals surface area contributed by atoms with Crippen molar-refractivity contribution in [2.75, 3.05) is 6.61 Å². The van der Waals surface area contributed by atoms with Crippen LogP contribution in [0.25, 0.3) is 0 Å². The maximum atomic E-state index is 9.31. The molecule has 1 fully saturated rings. The van der Waals surface area contributed by atoms with Crippen LogP contribution in [0.4, 0.5) is 0 Å². The fourth-order valence-corrected chi connectivity index (χ4v) is 2.38. The number of nitrogens with one attached hydrogen (secondary N) is 1. The molecule has 0 atom stereocenters. The van der Waals surface area contributed by atoms with Crippen molar-refractivity contribution < 1.29 is 5.11 Å². The third-order valence-corrected chi connectivity index (χ3v) is 3.46. The highest BCUT2D eigenvalue weighted by Crippen LogP contribution is 2.49. The number of fused-ring (bicyclic) bond motifs is 1. The number of aryl methyl sites for hydroxylation is 1. The lowest BCUT2D eigenvalue weighted by molar-refractivity contribution is 0.252. The van der Waals surface area contributed by atoms with E-state index < -0.39 is 0 Å². The van der Waals surface area contributed by atoms with Gasteiger partial charge in [-0.05, 0) is 37.7 Å². The lowest BCUT2D eigenvalue weighted by Crippen LogP contribution is -2.14. The molecule has 13 heavy (non-hydrogen) atoms. The van der Waals surface area contributed by atoms with Gasteiger partial charge < -0.3 is 5.11 Å². The average Bonchev–Trinajstić information content (AvgIpc) is 2.62. The SMILES string of the molecule is OCC1(c2n[nH]c3c2CCC3)CC1. The highest BCUT2D eigenvalue weighted by molar-refractivity contribution is 5.38. The predicted octanol–water partition coefficient (Wildman–Crippen LogP) is 0.922. The molecule has 3 nitrogen and oxygen atoms in total. The zero-order chi connectivity index (χ0) is 8.89. The Morgan fingerprint density at radius 2 is 2.23 bits per heavy atom. The van der Waals surface area contributed by atoms with Gasteiger partial charge in [0.2, 0.25) is 0 Å². The number of rotatable bonds is 2. The quantitative estimate of drug-likeness (QED) is 0.707. The molecule has 1 aromatic rings. The predicted molar refractivity (Wildman–Crippen MR) is 48.6 cm³/mol. The molecule has 1 aromatic heterocycles. The number of nitrogens with zero attached hydrogens (tertiary/aromatic N) is 1. The first-order valence-corrected chi connectivity index (χ1v) is 5.03. The Morgan fingerprint density at radius 3 is 2.92 bits per heavy atom. The molecule has 1 heterocycles. The van der Waals surface area contributed by atoms with Gasteiger partial charge in [0.15, 0.2) is 0 Å². The summed E-state index contributed by atoms with van der Waals surface area (Å²) in [5, 5.41) is 16.8. The molecule has 0 amide bonds. The summed E-state index contributed by atoms with van der Waals surface area (Å²) >= 11 is 0. The largest absolute Gasteiger partial charge is 0.395 e. The van der Waals surface area contributed by atoms with Crippen LogP contribution in [0.1, 0.15) is 36.2 Å². The van der Waals surface area contributed by atoms with E-state index in [-0.39, 0.29) is 12.0 Å². The Bertz CT molecular complexity index is 339. The van der Waals surface area contributed by atoms with Crippen molar-refractivity contribution in [2.45, 2.75) is 37.5 Å². The second kappa shape index (κ2) is 2.35. The van der Waals surface area contributed by atoms with Crippen LogP contribution >= 0.6 is 0 Å². The van der Waals surface area contributed by atoms with Crippen molar-refractivity contribution in [3.8, 4) is 0 Å². The summed E-state index contributed by atoms with van der Waals surface area (Å²) in [6, 6.07) is 0. The van der Waals surface area contributed by atoms with Gasteiger partial charge in [-0.1, -0.05) is 0 Å². The van der Waals surface area contributed by atoms with Gasteiger partial charge >= 0.3 is 0 Å². The number of hydrogen-bond donors (Lipinski definition) is 2. The molecule has 0 spiro atoms. The molecule has 2 aliphatic carbocycles. The van der Waals surface area contributed by atoms with E-state index in [4.69, 9.17) is 0 Å². The second-order valence-corrected chi connectivity index (χ2v) is 4.32. The molecule has 0 saturated heterocycles. The standard InChI is InChI=1S/C10H14N2O/c13-6-10(4-5-10)9-7-2-1-3-8(7)11-12-9/h13H,1-6H2,(H,11,12). The van der Waals surface area contributed by atoms with E-state index in [2.05, 4.69) is 10.2 Å². The normalized spacial score (nSPS) is 23.2. The molecule has 0 aromatic carbocycles. The molecule has 0 bridgehead atoms. The van der Waals surface area contributed by atoms with Crippen molar-refractivity contribution in [2.24, 2.45) is 0 Å². The van der Waals surface area contributed by atoms with Gasteiger partial charge in [-0.3, -0.25) is 5.10 Å². The molecule has 0 unspecified atom stereocenters. The van der Waals surface area contributed by atoms with Gasteiger partial charge in [0.05, 0.1) is 12.3 Å². The molecule has 1 saturated carbocycles. The molecule has 2 aliphatic rings. The van der Waals surface area contributed by atoms with Crippen molar-refractivity contribution in [3.05, 3.63) is 17.0 Å². The first kappa shape index (κ1) is 7.56. The van der Waals surface area contributed by atoms with E-state index in [0.29, 0.717) is 0 Å². The number of hydrogen-bond acceptors (Lipinski definition) is 2. The Labute approximate surface area is 77.2 Å². The van der Waals surface area contributed by atoms with Crippen LogP contribution < -0.4 is 0 Å². The minimum absolute atomic E-state index is 0.0500. The van der Waals surface area contributed by atoms with E-state index in [1.54, 1.807) is 0 Å². The molecule has 0 radical (unpaired) electrons. The van der Waals surface area contributed by atoms with Crippen LogP contribution in [0.15, 0.2) is 0 Å². The number of aliphatic hydroxyl groups excluding tert-OH is 1. The summed E-state index contributed by atoms with van der Waals surface area (Å²) in [6.07, 6.45) is 5.77. The fourth-order valence-electron chi connectivity index (χ4n) is 2.38. The van der Waals surface area contributed by atoms with Gasteiger partial charge in [0.25, 0.3) is 0 Å².